The number of rotatable bonds is 6. The zero-order chi connectivity index (χ0) is 15.2. The van der Waals surface area contributed by atoms with Crippen molar-refractivity contribution in [2.75, 3.05) is 12.9 Å². The molecule has 1 atom stereocenters. The van der Waals surface area contributed by atoms with E-state index in [0.717, 1.165) is 0 Å². The number of aromatic nitrogens is 2. The van der Waals surface area contributed by atoms with Crippen LogP contribution < -0.4 is 0 Å². The van der Waals surface area contributed by atoms with Gasteiger partial charge in [-0.05, 0) is 24.3 Å². The molecule has 1 aromatic carbocycles. The van der Waals surface area contributed by atoms with Crippen LogP contribution in [0, 0.1) is 11.7 Å². The smallest absolute Gasteiger partial charge is 0.309 e. The Morgan fingerprint density at radius 3 is 2.81 bits per heavy atom. The Morgan fingerprint density at radius 1 is 1.43 bits per heavy atom. The van der Waals surface area contributed by atoms with Crippen molar-refractivity contribution in [1.29, 1.82) is 0 Å². The zero-order valence-electron chi connectivity index (χ0n) is 11.7. The molecule has 5 nitrogen and oxygen atoms in total. The molecule has 0 aliphatic rings. The van der Waals surface area contributed by atoms with E-state index in [1.807, 2.05) is 0 Å². The van der Waals surface area contributed by atoms with E-state index in [4.69, 9.17) is 4.52 Å². The summed E-state index contributed by atoms with van der Waals surface area (Å²) in [5.41, 5.74) is 0.694. The van der Waals surface area contributed by atoms with Gasteiger partial charge in [-0.15, -0.1) is 0 Å². The summed E-state index contributed by atoms with van der Waals surface area (Å²) in [7, 11) is 1.37. The van der Waals surface area contributed by atoms with Gasteiger partial charge in [0.05, 0.1) is 18.8 Å². The van der Waals surface area contributed by atoms with E-state index in [-0.39, 0.29) is 17.7 Å². The quantitative estimate of drug-likeness (QED) is 0.764. The number of halogens is 1. The van der Waals surface area contributed by atoms with Crippen LogP contribution in [0.15, 0.2) is 28.8 Å². The molecule has 0 radical (unpaired) electrons. The number of carbonyl (C=O) groups is 1. The molecule has 0 spiro atoms. The molecule has 0 fully saturated rings. The maximum Gasteiger partial charge on any atom is 0.309 e. The Hall–Kier alpha value is -1.89. The van der Waals surface area contributed by atoms with Crippen LogP contribution in [0.2, 0.25) is 0 Å². The number of ether oxygens (including phenoxy) is 1. The minimum absolute atomic E-state index is 0.181. The molecule has 0 aliphatic heterocycles. The molecule has 0 saturated heterocycles. The molecule has 1 heterocycles. The monoisotopic (exact) mass is 310 g/mol. The Kier molecular flexibility index (Phi) is 5.32. The predicted octanol–water partition coefficient (Wildman–Crippen LogP) is 2.92. The highest BCUT2D eigenvalue weighted by Crippen LogP contribution is 2.19. The van der Waals surface area contributed by atoms with Gasteiger partial charge in [0.15, 0.2) is 0 Å². The molecular formula is C14H15FN2O3S. The average molecular weight is 310 g/mol. The zero-order valence-corrected chi connectivity index (χ0v) is 12.5. The number of benzene rings is 1. The number of hydrogen-bond acceptors (Lipinski definition) is 6. The van der Waals surface area contributed by atoms with Crippen LogP contribution in [-0.4, -0.2) is 29.0 Å². The lowest BCUT2D eigenvalue weighted by atomic mass is 10.2. The summed E-state index contributed by atoms with van der Waals surface area (Å²) >= 11 is 1.51. The van der Waals surface area contributed by atoms with Crippen LogP contribution in [0.3, 0.4) is 0 Å². The molecule has 0 aliphatic carbocycles. The summed E-state index contributed by atoms with van der Waals surface area (Å²) in [6.45, 7) is 1.80. The molecule has 2 aromatic rings. The number of thioether (sulfide) groups is 1. The van der Waals surface area contributed by atoms with Crippen LogP contribution >= 0.6 is 11.8 Å². The summed E-state index contributed by atoms with van der Waals surface area (Å²) in [5, 5.41) is 3.85. The third-order valence-electron chi connectivity index (χ3n) is 2.77. The van der Waals surface area contributed by atoms with E-state index >= 15 is 0 Å². The Morgan fingerprint density at radius 2 is 2.14 bits per heavy atom. The number of hydrogen-bond donors (Lipinski definition) is 0. The van der Waals surface area contributed by atoms with E-state index in [1.54, 1.807) is 19.1 Å². The van der Waals surface area contributed by atoms with Gasteiger partial charge in [-0.3, -0.25) is 4.79 Å². The van der Waals surface area contributed by atoms with Crippen molar-refractivity contribution in [1.82, 2.24) is 10.1 Å². The second-order valence-corrected chi connectivity index (χ2v) is 5.49. The highest BCUT2D eigenvalue weighted by molar-refractivity contribution is 7.98. The molecule has 1 aromatic heterocycles. The van der Waals surface area contributed by atoms with E-state index in [0.29, 0.717) is 28.8 Å². The van der Waals surface area contributed by atoms with Gasteiger partial charge in [-0.2, -0.15) is 16.7 Å². The van der Waals surface area contributed by atoms with Gasteiger partial charge in [0, 0.05) is 11.3 Å². The molecule has 0 saturated carbocycles. The van der Waals surface area contributed by atoms with Crippen molar-refractivity contribution in [2.45, 2.75) is 12.7 Å². The number of nitrogens with zero attached hydrogens (tertiary/aromatic N) is 2. The van der Waals surface area contributed by atoms with Gasteiger partial charge in [-0.25, -0.2) is 4.39 Å². The first-order valence-corrected chi connectivity index (χ1v) is 7.49. The predicted molar refractivity (Wildman–Crippen MR) is 77.0 cm³/mol. The minimum Gasteiger partial charge on any atom is -0.469 e. The lowest BCUT2D eigenvalue weighted by molar-refractivity contribution is -0.143. The number of esters is 1. The van der Waals surface area contributed by atoms with Crippen molar-refractivity contribution in [2.24, 2.45) is 5.92 Å². The second-order valence-electron chi connectivity index (χ2n) is 4.46. The van der Waals surface area contributed by atoms with Gasteiger partial charge in [0.2, 0.25) is 11.7 Å². The highest BCUT2D eigenvalue weighted by atomic mass is 32.2. The summed E-state index contributed by atoms with van der Waals surface area (Å²) in [5.74, 6) is 1.29. The molecule has 1 unspecified atom stereocenters. The molecule has 2 rings (SSSR count). The van der Waals surface area contributed by atoms with Crippen molar-refractivity contribution < 1.29 is 18.4 Å². The van der Waals surface area contributed by atoms with Crippen molar-refractivity contribution in [3.8, 4) is 11.4 Å². The van der Waals surface area contributed by atoms with Gasteiger partial charge in [0.25, 0.3) is 0 Å². The molecule has 112 valence electrons. The van der Waals surface area contributed by atoms with Gasteiger partial charge in [0.1, 0.15) is 5.82 Å². The van der Waals surface area contributed by atoms with Gasteiger partial charge < -0.3 is 9.26 Å². The summed E-state index contributed by atoms with van der Waals surface area (Å²) < 4.78 is 22.6. The third kappa shape index (κ3) is 4.29. The van der Waals surface area contributed by atoms with E-state index in [1.165, 1.54) is 31.0 Å². The topological polar surface area (TPSA) is 65.2 Å². The fourth-order valence-corrected chi connectivity index (χ4v) is 2.52. The Balaban J connectivity index is 1.89. The van der Waals surface area contributed by atoms with Gasteiger partial charge >= 0.3 is 5.97 Å². The summed E-state index contributed by atoms with van der Waals surface area (Å²) in [6.07, 6.45) is 0. The lowest BCUT2D eigenvalue weighted by Crippen LogP contribution is -2.14. The summed E-state index contributed by atoms with van der Waals surface area (Å²) in [4.78, 5) is 15.5. The van der Waals surface area contributed by atoms with E-state index in [2.05, 4.69) is 14.9 Å². The molecule has 0 amide bonds. The summed E-state index contributed by atoms with van der Waals surface area (Å²) in [6, 6.07) is 5.88. The highest BCUT2D eigenvalue weighted by Gasteiger charge is 2.14. The van der Waals surface area contributed by atoms with E-state index in [9.17, 15) is 9.18 Å². The third-order valence-corrected chi connectivity index (χ3v) is 3.95. The lowest BCUT2D eigenvalue weighted by Gasteiger charge is -2.06. The minimum atomic E-state index is -0.310. The Labute approximate surface area is 125 Å². The van der Waals surface area contributed by atoms with Crippen molar-refractivity contribution in [3.05, 3.63) is 36.0 Å². The average Bonchev–Trinajstić information content (AvgIpc) is 2.95. The van der Waals surface area contributed by atoms with Crippen LogP contribution in [0.25, 0.3) is 11.4 Å². The van der Waals surface area contributed by atoms with Crippen molar-refractivity contribution in [3.63, 3.8) is 0 Å². The number of methoxy groups -OCH3 is 1. The van der Waals surface area contributed by atoms with Gasteiger partial charge in [-0.1, -0.05) is 12.1 Å². The van der Waals surface area contributed by atoms with Crippen LogP contribution in [-0.2, 0) is 15.3 Å². The maximum atomic E-state index is 12.8. The fraction of sp³-hybridized carbons (Fsp3) is 0.357. The molecule has 7 heteroatoms. The molecule has 21 heavy (non-hydrogen) atoms. The standard InChI is InChI=1S/C14H15FN2O3S/c1-9(14(18)19-2)7-21-8-12-16-13(17-20-12)10-3-5-11(15)6-4-10/h3-6,9H,7-8H2,1-2H3. The fourth-order valence-electron chi connectivity index (χ4n) is 1.62. The Bertz CT molecular complexity index is 601. The largest absolute Gasteiger partial charge is 0.469 e. The molecule has 0 N–H and O–H groups in total. The van der Waals surface area contributed by atoms with Crippen molar-refractivity contribution >= 4 is 17.7 Å². The molecule has 0 bridgehead atoms. The normalized spacial score (nSPS) is 12.1. The first-order chi connectivity index (χ1) is 10.1. The van der Waals surface area contributed by atoms with Crippen LogP contribution in [0.1, 0.15) is 12.8 Å². The maximum absolute atomic E-state index is 12.8. The first-order valence-electron chi connectivity index (χ1n) is 6.34. The second kappa shape index (κ2) is 7.21. The first kappa shape index (κ1) is 15.5. The SMILES string of the molecule is COC(=O)C(C)CSCc1nc(-c2ccc(F)cc2)no1. The van der Waals surface area contributed by atoms with E-state index < -0.39 is 0 Å². The van der Waals surface area contributed by atoms with Crippen LogP contribution in [0.5, 0.6) is 0 Å². The number of carbonyl (C=O) groups excluding carboxylic acids is 1. The molecular weight excluding hydrogens is 295 g/mol. The van der Waals surface area contributed by atoms with Crippen LogP contribution in [0.4, 0.5) is 4.39 Å².